The van der Waals surface area contributed by atoms with E-state index >= 15 is 0 Å². The van der Waals surface area contributed by atoms with Gasteiger partial charge < -0.3 is 5.32 Å². The van der Waals surface area contributed by atoms with Gasteiger partial charge in [0.1, 0.15) is 5.82 Å². The van der Waals surface area contributed by atoms with Crippen LogP contribution in [-0.4, -0.2) is 4.98 Å². The number of rotatable bonds is 3. The van der Waals surface area contributed by atoms with Crippen LogP contribution in [0.3, 0.4) is 0 Å². The van der Waals surface area contributed by atoms with Gasteiger partial charge in [-0.15, -0.1) is 0 Å². The molecule has 0 bridgehead atoms. The lowest BCUT2D eigenvalue weighted by Gasteiger charge is -2.07. The molecule has 1 heterocycles. The van der Waals surface area contributed by atoms with Crippen molar-refractivity contribution in [2.45, 2.75) is 13.5 Å². The van der Waals surface area contributed by atoms with Crippen LogP contribution in [0.4, 0.5) is 10.1 Å². The highest BCUT2D eigenvalue weighted by atomic mass is 19.1. The maximum atomic E-state index is 13.4. The average molecular weight is 216 g/mol. The Morgan fingerprint density at radius 2 is 2.19 bits per heavy atom. The zero-order chi connectivity index (χ0) is 11.4. The lowest BCUT2D eigenvalue weighted by Crippen LogP contribution is -2.02. The number of nitrogens with zero attached hydrogens (tertiary/aromatic N) is 1. The Kier molecular flexibility index (Phi) is 3.15. The molecule has 0 aliphatic rings. The van der Waals surface area contributed by atoms with Crippen LogP contribution in [0.1, 0.15) is 11.1 Å². The fourth-order valence-electron chi connectivity index (χ4n) is 1.50. The smallest absolute Gasteiger partial charge is 0.128 e. The summed E-state index contributed by atoms with van der Waals surface area (Å²) in [7, 11) is 0. The fraction of sp³-hybridized carbons (Fsp3) is 0.154. The van der Waals surface area contributed by atoms with Crippen molar-refractivity contribution in [2.75, 3.05) is 5.32 Å². The van der Waals surface area contributed by atoms with Crippen LogP contribution in [0, 0.1) is 12.7 Å². The van der Waals surface area contributed by atoms with Crippen molar-refractivity contribution < 1.29 is 4.39 Å². The van der Waals surface area contributed by atoms with E-state index in [4.69, 9.17) is 0 Å². The van der Waals surface area contributed by atoms with Crippen LogP contribution >= 0.6 is 0 Å². The minimum absolute atomic E-state index is 0.179. The van der Waals surface area contributed by atoms with Gasteiger partial charge in [-0.25, -0.2) is 4.39 Å². The molecule has 0 spiro atoms. The number of hydrogen-bond acceptors (Lipinski definition) is 2. The lowest BCUT2D eigenvalue weighted by atomic mass is 10.1. The molecule has 0 saturated carbocycles. The molecule has 0 atom stereocenters. The minimum Gasteiger partial charge on any atom is -0.380 e. The van der Waals surface area contributed by atoms with Crippen molar-refractivity contribution in [1.82, 2.24) is 4.98 Å². The summed E-state index contributed by atoms with van der Waals surface area (Å²) in [5, 5.41) is 3.13. The van der Waals surface area contributed by atoms with Crippen molar-refractivity contribution in [3.8, 4) is 0 Å². The van der Waals surface area contributed by atoms with Gasteiger partial charge in [-0.1, -0.05) is 17.7 Å². The first-order chi connectivity index (χ1) is 7.75. The fourth-order valence-corrected chi connectivity index (χ4v) is 1.50. The predicted octanol–water partition coefficient (Wildman–Crippen LogP) is 3.14. The molecule has 1 aromatic carbocycles. The van der Waals surface area contributed by atoms with Gasteiger partial charge in [0, 0.05) is 24.5 Å². The van der Waals surface area contributed by atoms with E-state index in [0.29, 0.717) is 12.1 Å². The number of aromatic nitrogens is 1. The molecular weight excluding hydrogens is 203 g/mol. The third kappa shape index (κ3) is 2.57. The molecule has 0 aliphatic heterocycles. The van der Waals surface area contributed by atoms with Gasteiger partial charge in [0.15, 0.2) is 0 Å². The number of hydrogen-bond donors (Lipinski definition) is 1. The molecule has 0 aliphatic carbocycles. The van der Waals surface area contributed by atoms with E-state index in [1.807, 2.05) is 25.1 Å². The second kappa shape index (κ2) is 4.75. The summed E-state index contributed by atoms with van der Waals surface area (Å²) in [5.74, 6) is -0.179. The van der Waals surface area contributed by atoms with E-state index in [1.165, 1.54) is 6.07 Å². The molecule has 1 aromatic heterocycles. The summed E-state index contributed by atoms with van der Waals surface area (Å²) in [6, 6.07) is 8.85. The monoisotopic (exact) mass is 216 g/mol. The predicted molar refractivity (Wildman–Crippen MR) is 62.7 cm³/mol. The van der Waals surface area contributed by atoms with Crippen molar-refractivity contribution in [1.29, 1.82) is 0 Å². The zero-order valence-corrected chi connectivity index (χ0v) is 9.07. The first kappa shape index (κ1) is 10.6. The Morgan fingerprint density at radius 3 is 2.94 bits per heavy atom. The zero-order valence-electron chi connectivity index (χ0n) is 9.07. The van der Waals surface area contributed by atoms with Gasteiger partial charge in [-0.2, -0.15) is 0 Å². The number of pyridine rings is 1. The van der Waals surface area contributed by atoms with Gasteiger partial charge in [0.05, 0.1) is 5.69 Å². The molecule has 3 heteroatoms. The first-order valence-electron chi connectivity index (χ1n) is 5.14. The van der Waals surface area contributed by atoms with Gasteiger partial charge in [0.2, 0.25) is 0 Å². The Bertz CT molecular complexity index is 469. The topological polar surface area (TPSA) is 24.9 Å². The standard InChI is InChI=1S/C13H13FN2/c1-10-4-5-13(14)11(7-10)8-16-12-3-2-6-15-9-12/h2-7,9,16H,8H2,1H3. The van der Waals surface area contributed by atoms with Crippen LogP contribution in [0.5, 0.6) is 0 Å². The molecule has 0 radical (unpaired) electrons. The summed E-state index contributed by atoms with van der Waals surface area (Å²) >= 11 is 0. The SMILES string of the molecule is Cc1ccc(F)c(CNc2cccnc2)c1. The van der Waals surface area contributed by atoms with Crippen molar-refractivity contribution in [3.05, 3.63) is 59.7 Å². The Hall–Kier alpha value is -1.90. The van der Waals surface area contributed by atoms with Gasteiger partial charge in [-0.05, 0) is 25.1 Å². The molecule has 0 fully saturated rings. The van der Waals surface area contributed by atoms with E-state index < -0.39 is 0 Å². The van der Waals surface area contributed by atoms with Crippen molar-refractivity contribution in [2.24, 2.45) is 0 Å². The molecule has 16 heavy (non-hydrogen) atoms. The quantitative estimate of drug-likeness (QED) is 0.852. The van der Waals surface area contributed by atoms with Crippen LogP contribution < -0.4 is 5.32 Å². The van der Waals surface area contributed by atoms with Crippen LogP contribution in [0.25, 0.3) is 0 Å². The molecule has 0 amide bonds. The van der Waals surface area contributed by atoms with E-state index in [-0.39, 0.29) is 5.82 Å². The average Bonchev–Trinajstić information content (AvgIpc) is 2.32. The number of aryl methyl sites for hydroxylation is 1. The lowest BCUT2D eigenvalue weighted by molar-refractivity contribution is 0.612. The van der Waals surface area contributed by atoms with Gasteiger partial charge in [-0.3, -0.25) is 4.98 Å². The number of halogens is 1. The maximum Gasteiger partial charge on any atom is 0.128 e. The summed E-state index contributed by atoms with van der Waals surface area (Å²) in [5.41, 5.74) is 2.62. The summed E-state index contributed by atoms with van der Waals surface area (Å²) in [6.45, 7) is 2.42. The normalized spacial score (nSPS) is 10.1. The Balaban J connectivity index is 2.08. The summed E-state index contributed by atoms with van der Waals surface area (Å²) < 4.78 is 13.4. The van der Waals surface area contributed by atoms with E-state index in [2.05, 4.69) is 10.3 Å². The third-order valence-electron chi connectivity index (χ3n) is 2.35. The van der Waals surface area contributed by atoms with Gasteiger partial charge >= 0.3 is 0 Å². The van der Waals surface area contributed by atoms with E-state index in [0.717, 1.165) is 11.3 Å². The highest BCUT2D eigenvalue weighted by Gasteiger charge is 2.01. The number of nitrogens with one attached hydrogen (secondary N) is 1. The van der Waals surface area contributed by atoms with E-state index in [1.54, 1.807) is 18.5 Å². The van der Waals surface area contributed by atoms with Crippen LogP contribution in [-0.2, 0) is 6.54 Å². The molecule has 2 nitrogen and oxygen atoms in total. The molecule has 2 rings (SSSR count). The largest absolute Gasteiger partial charge is 0.380 e. The summed E-state index contributed by atoms with van der Waals surface area (Å²) in [4.78, 5) is 3.98. The second-order valence-corrected chi connectivity index (χ2v) is 3.69. The van der Waals surface area contributed by atoms with Crippen molar-refractivity contribution in [3.63, 3.8) is 0 Å². The highest BCUT2D eigenvalue weighted by molar-refractivity contribution is 5.41. The molecule has 1 N–H and O–H groups in total. The minimum atomic E-state index is -0.179. The Morgan fingerprint density at radius 1 is 1.31 bits per heavy atom. The second-order valence-electron chi connectivity index (χ2n) is 3.69. The number of anilines is 1. The maximum absolute atomic E-state index is 13.4. The molecule has 2 aromatic rings. The number of benzene rings is 1. The van der Waals surface area contributed by atoms with Crippen LogP contribution in [0.2, 0.25) is 0 Å². The van der Waals surface area contributed by atoms with Crippen LogP contribution in [0.15, 0.2) is 42.7 Å². The third-order valence-corrected chi connectivity index (χ3v) is 2.35. The van der Waals surface area contributed by atoms with Crippen molar-refractivity contribution >= 4 is 5.69 Å². The molecule has 0 saturated heterocycles. The highest BCUT2D eigenvalue weighted by Crippen LogP contribution is 2.12. The van der Waals surface area contributed by atoms with Gasteiger partial charge in [0.25, 0.3) is 0 Å². The Labute approximate surface area is 94.2 Å². The first-order valence-corrected chi connectivity index (χ1v) is 5.14. The molecule has 0 unspecified atom stereocenters. The summed E-state index contributed by atoms with van der Waals surface area (Å²) in [6.07, 6.45) is 3.42. The molecular formula is C13H13FN2. The molecule has 82 valence electrons. The van der Waals surface area contributed by atoms with E-state index in [9.17, 15) is 4.39 Å².